The zero-order chi connectivity index (χ0) is 14.0. The lowest BCUT2D eigenvalue weighted by molar-refractivity contribution is -0.146. The van der Waals surface area contributed by atoms with Crippen LogP contribution in [0.25, 0.3) is 0 Å². The van der Waals surface area contributed by atoms with Crippen LogP contribution in [0.1, 0.15) is 17.8 Å². The van der Waals surface area contributed by atoms with Crippen molar-refractivity contribution in [3.8, 4) is 0 Å². The van der Waals surface area contributed by atoms with Gasteiger partial charge in [0.1, 0.15) is 0 Å². The summed E-state index contributed by atoms with van der Waals surface area (Å²) in [5.74, 6) is 0. The van der Waals surface area contributed by atoms with Crippen molar-refractivity contribution in [2.24, 2.45) is 5.73 Å². The van der Waals surface area contributed by atoms with Crippen LogP contribution in [0.4, 0.5) is 18.3 Å². The molecule has 108 valence electrons. The number of hydrogen-bond donors (Lipinski definition) is 1. The van der Waals surface area contributed by atoms with E-state index < -0.39 is 12.7 Å². The lowest BCUT2D eigenvalue weighted by atomic mass is 10.3. The highest BCUT2D eigenvalue weighted by atomic mass is 32.1. The zero-order valence-electron chi connectivity index (χ0n) is 10.7. The van der Waals surface area contributed by atoms with Crippen molar-refractivity contribution < 1.29 is 13.2 Å². The van der Waals surface area contributed by atoms with Gasteiger partial charge in [0.15, 0.2) is 5.13 Å². The summed E-state index contributed by atoms with van der Waals surface area (Å²) in [7, 11) is 0. The highest BCUT2D eigenvalue weighted by Gasteiger charge is 2.32. The molecule has 0 bridgehead atoms. The van der Waals surface area contributed by atoms with Gasteiger partial charge < -0.3 is 10.6 Å². The number of nitrogens with two attached hydrogens (primary N) is 1. The Hall–Kier alpha value is -0.860. The Morgan fingerprint density at radius 1 is 1.37 bits per heavy atom. The van der Waals surface area contributed by atoms with Crippen molar-refractivity contribution in [2.45, 2.75) is 19.1 Å². The summed E-state index contributed by atoms with van der Waals surface area (Å²) >= 11 is 1.51. The van der Waals surface area contributed by atoms with Crippen LogP contribution >= 0.6 is 11.3 Å². The van der Waals surface area contributed by atoms with Crippen molar-refractivity contribution in [2.75, 3.05) is 37.6 Å². The van der Waals surface area contributed by atoms with Gasteiger partial charge in [0.2, 0.25) is 0 Å². The maximum atomic E-state index is 12.3. The molecule has 1 aliphatic heterocycles. The predicted molar refractivity (Wildman–Crippen MR) is 69.4 cm³/mol. The van der Waals surface area contributed by atoms with E-state index in [2.05, 4.69) is 4.98 Å². The van der Waals surface area contributed by atoms with E-state index in [9.17, 15) is 13.2 Å². The molecule has 0 spiro atoms. The van der Waals surface area contributed by atoms with Crippen LogP contribution in [0, 0.1) is 0 Å². The average molecular weight is 294 g/mol. The molecule has 0 aliphatic carbocycles. The highest BCUT2D eigenvalue weighted by Crippen LogP contribution is 2.27. The SMILES string of the molecule is CC(N)c1cnc(N2CCN(CC(F)(F)F)CC2)s1. The van der Waals surface area contributed by atoms with E-state index in [0.29, 0.717) is 26.2 Å². The Kier molecular flexibility index (Phi) is 4.32. The van der Waals surface area contributed by atoms with Gasteiger partial charge in [-0.2, -0.15) is 13.2 Å². The van der Waals surface area contributed by atoms with Crippen LogP contribution in [0.5, 0.6) is 0 Å². The first-order valence-corrected chi connectivity index (χ1v) is 6.92. The van der Waals surface area contributed by atoms with E-state index in [-0.39, 0.29) is 6.04 Å². The van der Waals surface area contributed by atoms with Crippen molar-refractivity contribution in [3.05, 3.63) is 11.1 Å². The summed E-state index contributed by atoms with van der Waals surface area (Å²) in [5, 5.41) is 0.846. The molecule has 0 radical (unpaired) electrons. The molecule has 1 atom stereocenters. The second kappa shape index (κ2) is 5.64. The molecule has 8 heteroatoms. The van der Waals surface area contributed by atoms with Gasteiger partial charge in [-0.05, 0) is 6.92 Å². The van der Waals surface area contributed by atoms with E-state index in [0.717, 1.165) is 10.0 Å². The normalized spacial score (nSPS) is 19.7. The van der Waals surface area contributed by atoms with Gasteiger partial charge in [-0.25, -0.2) is 4.98 Å². The van der Waals surface area contributed by atoms with E-state index in [1.165, 1.54) is 16.2 Å². The quantitative estimate of drug-likeness (QED) is 0.924. The highest BCUT2D eigenvalue weighted by molar-refractivity contribution is 7.15. The van der Waals surface area contributed by atoms with Crippen molar-refractivity contribution in [1.29, 1.82) is 0 Å². The van der Waals surface area contributed by atoms with Crippen molar-refractivity contribution in [1.82, 2.24) is 9.88 Å². The molecule has 2 N–H and O–H groups in total. The number of nitrogens with zero attached hydrogens (tertiary/aromatic N) is 3. The molecule has 2 heterocycles. The number of aromatic nitrogens is 1. The van der Waals surface area contributed by atoms with Gasteiger partial charge in [0.05, 0.1) is 6.54 Å². The molecule has 4 nitrogen and oxygen atoms in total. The topological polar surface area (TPSA) is 45.4 Å². The van der Waals surface area contributed by atoms with E-state index >= 15 is 0 Å². The number of rotatable bonds is 3. The van der Waals surface area contributed by atoms with Crippen LogP contribution in [0.2, 0.25) is 0 Å². The van der Waals surface area contributed by atoms with Crippen LogP contribution in [0.3, 0.4) is 0 Å². The fourth-order valence-electron chi connectivity index (χ4n) is 1.98. The number of alkyl halides is 3. The van der Waals surface area contributed by atoms with Crippen LogP contribution in [0.15, 0.2) is 6.20 Å². The molecular formula is C11H17F3N4S. The number of anilines is 1. The number of thiazole rings is 1. The molecule has 2 rings (SSSR count). The summed E-state index contributed by atoms with van der Waals surface area (Å²) < 4.78 is 36.8. The van der Waals surface area contributed by atoms with Crippen LogP contribution < -0.4 is 10.6 Å². The third kappa shape index (κ3) is 4.05. The molecule has 1 saturated heterocycles. The van der Waals surface area contributed by atoms with Gasteiger partial charge in [-0.3, -0.25) is 4.90 Å². The molecule has 1 unspecified atom stereocenters. The second-order valence-corrected chi connectivity index (χ2v) is 5.75. The molecule has 0 aromatic carbocycles. The monoisotopic (exact) mass is 294 g/mol. The predicted octanol–water partition coefficient (Wildman–Crippen LogP) is 1.85. The van der Waals surface area contributed by atoms with Crippen molar-refractivity contribution >= 4 is 16.5 Å². The van der Waals surface area contributed by atoms with Gasteiger partial charge in [-0.1, -0.05) is 0 Å². The summed E-state index contributed by atoms with van der Waals surface area (Å²) in [6, 6.07) is -0.0576. The van der Waals surface area contributed by atoms with Gasteiger partial charge in [0.25, 0.3) is 0 Å². The summed E-state index contributed by atoms with van der Waals surface area (Å²) in [5.41, 5.74) is 5.77. The Labute approximate surface area is 114 Å². The van der Waals surface area contributed by atoms with E-state index in [1.807, 2.05) is 11.8 Å². The van der Waals surface area contributed by atoms with Crippen LogP contribution in [-0.4, -0.2) is 48.8 Å². The molecule has 1 fully saturated rings. The Bertz CT molecular complexity index is 410. The molecular weight excluding hydrogens is 277 g/mol. The fraction of sp³-hybridized carbons (Fsp3) is 0.727. The Morgan fingerprint density at radius 3 is 2.47 bits per heavy atom. The second-order valence-electron chi connectivity index (χ2n) is 4.71. The zero-order valence-corrected chi connectivity index (χ0v) is 11.5. The average Bonchev–Trinajstić information content (AvgIpc) is 2.77. The maximum absolute atomic E-state index is 12.3. The summed E-state index contributed by atoms with van der Waals surface area (Å²) in [4.78, 5) is 8.72. The van der Waals surface area contributed by atoms with E-state index in [4.69, 9.17) is 5.73 Å². The van der Waals surface area contributed by atoms with Gasteiger partial charge >= 0.3 is 6.18 Å². The lowest BCUT2D eigenvalue weighted by Gasteiger charge is -2.34. The Morgan fingerprint density at radius 2 is 2.00 bits per heavy atom. The van der Waals surface area contributed by atoms with Crippen molar-refractivity contribution in [3.63, 3.8) is 0 Å². The van der Waals surface area contributed by atoms with Gasteiger partial charge in [0, 0.05) is 43.3 Å². The minimum absolute atomic E-state index is 0.0576. The standard InChI is InChI=1S/C11H17F3N4S/c1-8(15)9-6-16-10(19-9)18-4-2-17(3-5-18)7-11(12,13)14/h6,8H,2-5,7,15H2,1H3. The number of hydrogen-bond acceptors (Lipinski definition) is 5. The number of piperazine rings is 1. The maximum Gasteiger partial charge on any atom is 0.401 e. The van der Waals surface area contributed by atoms with E-state index in [1.54, 1.807) is 6.20 Å². The molecule has 0 amide bonds. The Balaban J connectivity index is 1.89. The molecule has 1 aromatic heterocycles. The fourth-order valence-corrected chi connectivity index (χ4v) is 2.90. The molecule has 19 heavy (non-hydrogen) atoms. The third-order valence-corrected chi connectivity index (χ3v) is 4.26. The number of halogens is 3. The van der Waals surface area contributed by atoms with Gasteiger partial charge in [-0.15, -0.1) is 11.3 Å². The largest absolute Gasteiger partial charge is 0.401 e. The minimum Gasteiger partial charge on any atom is -0.346 e. The molecule has 1 aliphatic rings. The smallest absolute Gasteiger partial charge is 0.346 e. The van der Waals surface area contributed by atoms with Crippen LogP contribution in [-0.2, 0) is 0 Å². The first kappa shape index (κ1) is 14.5. The molecule has 1 aromatic rings. The minimum atomic E-state index is -4.12. The first-order valence-electron chi connectivity index (χ1n) is 6.10. The third-order valence-electron chi connectivity index (χ3n) is 3.01. The summed E-state index contributed by atoms with van der Waals surface area (Å²) in [6.07, 6.45) is -2.38. The first-order chi connectivity index (χ1) is 8.85. The lowest BCUT2D eigenvalue weighted by Crippen LogP contribution is -2.49. The molecule has 0 saturated carbocycles. The summed E-state index contributed by atoms with van der Waals surface area (Å²) in [6.45, 7) is 3.02.